The molecule has 126 valence electrons. The van der Waals surface area contributed by atoms with Gasteiger partial charge in [-0.2, -0.15) is 5.26 Å². The molecule has 0 bridgehead atoms. The van der Waals surface area contributed by atoms with Crippen molar-refractivity contribution in [2.45, 2.75) is 32.7 Å². The Labute approximate surface area is 141 Å². The monoisotopic (exact) mass is 327 g/mol. The quantitative estimate of drug-likeness (QED) is 0.638. The Morgan fingerprint density at radius 1 is 1.38 bits per heavy atom. The molecule has 24 heavy (non-hydrogen) atoms. The van der Waals surface area contributed by atoms with Crippen molar-refractivity contribution in [3.8, 4) is 6.07 Å². The molecule has 1 aromatic rings. The molecule has 1 aromatic carbocycles. The SMILES string of the molecule is CC(C)C(N/C=C(/C#N)C(=O)N1CCCc2ccccc21)C(=O)O. The molecule has 0 spiro atoms. The minimum Gasteiger partial charge on any atom is -0.480 e. The van der Waals surface area contributed by atoms with Crippen molar-refractivity contribution in [3.63, 3.8) is 0 Å². The molecule has 1 aliphatic rings. The number of carboxylic acid groups (broad SMARTS) is 1. The van der Waals surface area contributed by atoms with Gasteiger partial charge in [0.05, 0.1) is 0 Å². The molecule has 0 saturated heterocycles. The van der Waals surface area contributed by atoms with E-state index in [1.807, 2.05) is 30.3 Å². The maximum atomic E-state index is 12.7. The minimum absolute atomic E-state index is 0.0985. The number of fused-ring (bicyclic) bond motifs is 1. The Balaban J connectivity index is 2.23. The molecule has 0 saturated carbocycles. The van der Waals surface area contributed by atoms with E-state index in [1.165, 1.54) is 6.20 Å². The summed E-state index contributed by atoms with van der Waals surface area (Å²) < 4.78 is 0. The topological polar surface area (TPSA) is 93.4 Å². The van der Waals surface area contributed by atoms with Gasteiger partial charge in [-0.15, -0.1) is 0 Å². The molecular weight excluding hydrogens is 306 g/mol. The molecule has 1 heterocycles. The van der Waals surface area contributed by atoms with Crippen molar-refractivity contribution < 1.29 is 14.7 Å². The first-order chi connectivity index (χ1) is 11.5. The third-order valence-corrected chi connectivity index (χ3v) is 4.05. The number of rotatable bonds is 5. The van der Waals surface area contributed by atoms with Gasteiger partial charge in [0, 0.05) is 18.4 Å². The number of nitrogens with one attached hydrogen (secondary N) is 1. The largest absolute Gasteiger partial charge is 0.480 e. The van der Waals surface area contributed by atoms with Gasteiger partial charge in [-0.25, -0.2) is 4.79 Å². The molecule has 1 atom stereocenters. The van der Waals surface area contributed by atoms with E-state index in [4.69, 9.17) is 0 Å². The highest BCUT2D eigenvalue weighted by atomic mass is 16.4. The van der Waals surface area contributed by atoms with Crippen LogP contribution in [0.4, 0.5) is 5.69 Å². The number of carboxylic acids is 1. The number of nitrogens with zero attached hydrogens (tertiary/aromatic N) is 2. The predicted molar refractivity (Wildman–Crippen MR) is 90.2 cm³/mol. The lowest BCUT2D eigenvalue weighted by Crippen LogP contribution is -2.40. The Kier molecular flexibility index (Phi) is 5.59. The molecule has 0 fully saturated rings. The van der Waals surface area contributed by atoms with E-state index in [1.54, 1.807) is 18.7 Å². The third kappa shape index (κ3) is 3.74. The van der Waals surface area contributed by atoms with Crippen molar-refractivity contribution in [2.24, 2.45) is 5.92 Å². The van der Waals surface area contributed by atoms with Crippen LogP contribution in [-0.4, -0.2) is 29.6 Å². The fraction of sp³-hybridized carbons (Fsp3) is 0.389. The second-order valence-electron chi connectivity index (χ2n) is 6.09. The van der Waals surface area contributed by atoms with Crippen molar-refractivity contribution in [1.29, 1.82) is 5.26 Å². The van der Waals surface area contributed by atoms with Crippen LogP contribution in [0.3, 0.4) is 0 Å². The number of amides is 1. The normalized spacial score (nSPS) is 15.4. The highest BCUT2D eigenvalue weighted by Gasteiger charge is 2.26. The Bertz CT molecular complexity index is 704. The zero-order valence-corrected chi connectivity index (χ0v) is 13.8. The van der Waals surface area contributed by atoms with Crippen LogP contribution in [0.2, 0.25) is 0 Å². The van der Waals surface area contributed by atoms with E-state index in [-0.39, 0.29) is 11.5 Å². The van der Waals surface area contributed by atoms with Gasteiger partial charge in [-0.05, 0) is 30.4 Å². The Morgan fingerprint density at radius 3 is 2.71 bits per heavy atom. The van der Waals surface area contributed by atoms with Crippen LogP contribution in [0.1, 0.15) is 25.8 Å². The molecule has 0 aromatic heterocycles. The average molecular weight is 327 g/mol. The fourth-order valence-electron chi connectivity index (χ4n) is 2.75. The van der Waals surface area contributed by atoms with Gasteiger partial charge in [0.25, 0.3) is 5.91 Å². The van der Waals surface area contributed by atoms with E-state index in [0.29, 0.717) is 6.54 Å². The minimum atomic E-state index is -1.02. The maximum absolute atomic E-state index is 12.7. The van der Waals surface area contributed by atoms with Crippen LogP contribution in [-0.2, 0) is 16.0 Å². The van der Waals surface area contributed by atoms with E-state index in [0.717, 1.165) is 24.1 Å². The molecule has 0 radical (unpaired) electrons. The zero-order valence-electron chi connectivity index (χ0n) is 13.8. The van der Waals surface area contributed by atoms with Gasteiger partial charge in [0.2, 0.25) is 0 Å². The van der Waals surface area contributed by atoms with Crippen molar-refractivity contribution >= 4 is 17.6 Å². The molecule has 6 heteroatoms. The Morgan fingerprint density at radius 2 is 2.08 bits per heavy atom. The first kappa shape index (κ1) is 17.5. The van der Waals surface area contributed by atoms with Crippen LogP contribution < -0.4 is 10.2 Å². The summed E-state index contributed by atoms with van der Waals surface area (Å²) in [5.74, 6) is -1.61. The summed E-state index contributed by atoms with van der Waals surface area (Å²) in [6.07, 6.45) is 2.95. The molecule has 2 N–H and O–H groups in total. The van der Waals surface area contributed by atoms with Gasteiger partial charge in [-0.3, -0.25) is 4.79 Å². The van der Waals surface area contributed by atoms with Gasteiger partial charge in [0.1, 0.15) is 17.7 Å². The summed E-state index contributed by atoms with van der Waals surface area (Å²) in [6, 6.07) is 8.65. The zero-order chi connectivity index (χ0) is 17.7. The second kappa shape index (κ2) is 7.64. The molecule has 0 aliphatic carbocycles. The van der Waals surface area contributed by atoms with E-state index in [9.17, 15) is 20.0 Å². The number of carbonyl (C=O) groups is 2. The summed E-state index contributed by atoms with van der Waals surface area (Å²) in [5, 5.41) is 21.2. The number of para-hydroxylation sites is 1. The molecule has 6 nitrogen and oxygen atoms in total. The van der Waals surface area contributed by atoms with E-state index in [2.05, 4.69) is 5.32 Å². The lowest BCUT2D eigenvalue weighted by atomic mass is 10.0. The van der Waals surface area contributed by atoms with Crippen LogP contribution in [0, 0.1) is 17.2 Å². The summed E-state index contributed by atoms with van der Waals surface area (Å²) in [6.45, 7) is 4.06. The number of carbonyl (C=O) groups excluding carboxylic acids is 1. The molecule has 1 aliphatic heterocycles. The number of benzene rings is 1. The summed E-state index contributed by atoms with van der Waals surface area (Å²) in [5.41, 5.74) is 1.79. The average Bonchev–Trinajstić information content (AvgIpc) is 2.57. The highest BCUT2D eigenvalue weighted by molar-refractivity contribution is 6.08. The van der Waals surface area contributed by atoms with Crippen LogP contribution in [0.5, 0.6) is 0 Å². The molecule has 1 amide bonds. The molecular formula is C18H21N3O3. The van der Waals surface area contributed by atoms with Gasteiger partial charge in [-0.1, -0.05) is 32.0 Å². The number of hydrogen-bond donors (Lipinski definition) is 2. The fourth-order valence-corrected chi connectivity index (χ4v) is 2.75. The number of hydrogen-bond acceptors (Lipinski definition) is 4. The number of nitriles is 1. The smallest absolute Gasteiger partial charge is 0.326 e. The summed E-state index contributed by atoms with van der Waals surface area (Å²) in [7, 11) is 0. The number of aryl methyl sites for hydroxylation is 1. The van der Waals surface area contributed by atoms with Crippen LogP contribution in [0.25, 0.3) is 0 Å². The first-order valence-electron chi connectivity index (χ1n) is 7.94. The highest BCUT2D eigenvalue weighted by Crippen LogP contribution is 2.27. The standard InChI is InChI=1S/C18H21N3O3/c1-12(2)16(18(23)24)20-11-14(10-19)17(22)21-9-5-7-13-6-3-4-8-15(13)21/h3-4,6,8,11-12,16,20H,5,7,9H2,1-2H3,(H,23,24)/b14-11-. The van der Waals surface area contributed by atoms with Gasteiger partial charge < -0.3 is 15.3 Å². The van der Waals surface area contributed by atoms with Crippen molar-refractivity contribution in [2.75, 3.05) is 11.4 Å². The number of anilines is 1. The lowest BCUT2D eigenvalue weighted by Gasteiger charge is -2.29. The Hall–Kier alpha value is -2.81. The summed E-state index contributed by atoms with van der Waals surface area (Å²) in [4.78, 5) is 25.5. The maximum Gasteiger partial charge on any atom is 0.326 e. The number of aliphatic carboxylic acids is 1. The first-order valence-corrected chi connectivity index (χ1v) is 7.94. The van der Waals surface area contributed by atoms with Crippen LogP contribution in [0.15, 0.2) is 36.0 Å². The molecule has 2 rings (SSSR count). The second-order valence-corrected chi connectivity index (χ2v) is 6.09. The van der Waals surface area contributed by atoms with E-state index >= 15 is 0 Å². The van der Waals surface area contributed by atoms with E-state index < -0.39 is 17.9 Å². The third-order valence-electron chi connectivity index (χ3n) is 4.05. The van der Waals surface area contributed by atoms with Crippen LogP contribution >= 0.6 is 0 Å². The van der Waals surface area contributed by atoms with Crippen molar-refractivity contribution in [1.82, 2.24) is 5.32 Å². The van der Waals surface area contributed by atoms with Crippen molar-refractivity contribution in [3.05, 3.63) is 41.6 Å². The van der Waals surface area contributed by atoms with Gasteiger partial charge in [0.15, 0.2) is 0 Å². The van der Waals surface area contributed by atoms with Gasteiger partial charge >= 0.3 is 5.97 Å². The lowest BCUT2D eigenvalue weighted by molar-refractivity contribution is -0.140. The summed E-state index contributed by atoms with van der Waals surface area (Å²) >= 11 is 0. The molecule has 1 unspecified atom stereocenters. The predicted octanol–water partition coefficient (Wildman–Crippen LogP) is 2.07.